The van der Waals surface area contributed by atoms with Gasteiger partial charge in [0.2, 0.25) is 5.01 Å². The molecule has 2 rings (SSSR count). The van der Waals surface area contributed by atoms with Gasteiger partial charge in [-0.3, -0.25) is 4.90 Å². The van der Waals surface area contributed by atoms with Crippen molar-refractivity contribution in [3.05, 3.63) is 16.1 Å². The molecule has 1 atom stereocenters. The van der Waals surface area contributed by atoms with Gasteiger partial charge in [-0.15, -0.1) is 11.3 Å². The third-order valence-electron chi connectivity index (χ3n) is 3.33. The minimum absolute atomic E-state index is 0.186. The molecule has 1 aliphatic heterocycles. The Morgan fingerprint density at radius 1 is 1.67 bits per heavy atom. The molecule has 0 aliphatic carbocycles. The zero-order chi connectivity index (χ0) is 13.1. The number of rotatable bonds is 4. The summed E-state index contributed by atoms with van der Waals surface area (Å²) in [5.41, 5.74) is 0.872. The largest absolute Gasteiger partial charge is 0.476 e. The van der Waals surface area contributed by atoms with Gasteiger partial charge in [0.05, 0.1) is 5.69 Å². The Morgan fingerprint density at radius 2 is 2.44 bits per heavy atom. The summed E-state index contributed by atoms with van der Waals surface area (Å²) < 4.78 is 0. The summed E-state index contributed by atoms with van der Waals surface area (Å²) in [6.07, 6.45) is 2.43. The Bertz CT molecular complexity index is 419. The van der Waals surface area contributed by atoms with Crippen molar-refractivity contribution in [3.8, 4) is 0 Å². The summed E-state index contributed by atoms with van der Waals surface area (Å²) in [5.74, 6) is -0.934. The van der Waals surface area contributed by atoms with Crippen LogP contribution in [0.3, 0.4) is 0 Å². The van der Waals surface area contributed by atoms with E-state index in [1.165, 1.54) is 24.2 Å². The Kier molecular flexibility index (Phi) is 4.31. The van der Waals surface area contributed by atoms with Crippen molar-refractivity contribution in [3.63, 3.8) is 0 Å². The van der Waals surface area contributed by atoms with Crippen molar-refractivity contribution < 1.29 is 9.90 Å². The van der Waals surface area contributed by atoms with Crippen LogP contribution in [0.4, 0.5) is 0 Å². The number of nitrogens with zero attached hydrogens (tertiary/aromatic N) is 3. The molecular weight excluding hydrogens is 250 g/mol. The Labute approximate surface area is 111 Å². The predicted octanol–water partition coefficient (Wildman–Crippen LogP) is 1.37. The first-order valence-corrected chi connectivity index (χ1v) is 7.00. The lowest BCUT2D eigenvalue weighted by atomic mass is 10.0. The first-order chi connectivity index (χ1) is 8.56. The van der Waals surface area contributed by atoms with Gasteiger partial charge >= 0.3 is 5.97 Å². The molecule has 100 valence electrons. The van der Waals surface area contributed by atoms with Crippen LogP contribution in [0.1, 0.15) is 28.3 Å². The van der Waals surface area contributed by atoms with Gasteiger partial charge in [-0.2, -0.15) is 0 Å². The summed E-state index contributed by atoms with van der Waals surface area (Å²) in [6.45, 7) is 2.87. The summed E-state index contributed by atoms with van der Waals surface area (Å²) in [4.78, 5) is 19.5. The number of likely N-dealkylation sites (tertiary alicyclic amines) is 1. The molecule has 1 saturated heterocycles. The molecule has 6 heteroatoms. The summed E-state index contributed by atoms with van der Waals surface area (Å²) in [7, 11) is 4.22. The van der Waals surface area contributed by atoms with E-state index in [9.17, 15) is 4.79 Å². The highest BCUT2D eigenvalue weighted by atomic mass is 32.1. The van der Waals surface area contributed by atoms with Crippen molar-refractivity contribution in [1.82, 2.24) is 14.8 Å². The molecule has 0 bridgehead atoms. The monoisotopic (exact) mass is 269 g/mol. The Hall–Kier alpha value is -0.980. The van der Waals surface area contributed by atoms with Crippen LogP contribution in [-0.4, -0.2) is 59.1 Å². The molecule has 5 nitrogen and oxygen atoms in total. The third kappa shape index (κ3) is 3.28. The SMILES string of the molecule is CN(C)C1CCCN(Cc2csc(C(=O)O)n2)C1. The van der Waals surface area contributed by atoms with E-state index in [0.717, 1.165) is 25.3 Å². The second kappa shape index (κ2) is 5.77. The second-order valence-corrected chi connectivity index (χ2v) is 5.80. The van der Waals surface area contributed by atoms with Crippen LogP contribution in [0.5, 0.6) is 0 Å². The number of carbonyl (C=O) groups is 1. The fraction of sp³-hybridized carbons (Fsp3) is 0.667. The molecule has 1 unspecified atom stereocenters. The average Bonchev–Trinajstić information content (AvgIpc) is 2.78. The standard InChI is InChI=1S/C12H19N3O2S/c1-14(2)10-4-3-5-15(7-10)6-9-8-18-11(13-9)12(16)17/h8,10H,3-7H2,1-2H3,(H,16,17). The molecule has 1 N–H and O–H groups in total. The molecule has 1 aliphatic rings. The van der Waals surface area contributed by atoms with Gasteiger partial charge in [0, 0.05) is 24.5 Å². The fourth-order valence-electron chi connectivity index (χ4n) is 2.30. The fourth-order valence-corrected chi connectivity index (χ4v) is 2.95. The average molecular weight is 269 g/mol. The number of thiazole rings is 1. The molecule has 18 heavy (non-hydrogen) atoms. The van der Waals surface area contributed by atoms with Gasteiger partial charge in [-0.1, -0.05) is 0 Å². The highest BCUT2D eigenvalue weighted by Gasteiger charge is 2.22. The molecule has 1 fully saturated rings. The van der Waals surface area contributed by atoms with E-state index >= 15 is 0 Å². The number of carboxylic acid groups (broad SMARTS) is 1. The van der Waals surface area contributed by atoms with Gasteiger partial charge in [0.25, 0.3) is 0 Å². The van der Waals surface area contributed by atoms with Crippen LogP contribution in [0.15, 0.2) is 5.38 Å². The summed E-state index contributed by atoms with van der Waals surface area (Å²) in [6, 6.07) is 0.594. The van der Waals surface area contributed by atoms with Crippen molar-refractivity contribution in [2.45, 2.75) is 25.4 Å². The predicted molar refractivity (Wildman–Crippen MR) is 71.1 cm³/mol. The normalized spacial score (nSPS) is 21.4. The molecule has 2 heterocycles. The molecule has 0 saturated carbocycles. The van der Waals surface area contributed by atoms with E-state index in [1.807, 2.05) is 5.38 Å². The molecule has 0 spiro atoms. The zero-order valence-electron chi connectivity index (χ0n) is 10.8. The number of hydrogen-bond acceptors (Lipinski definition) is 5. The lowest BCUT2D eigenvalue weighted by Crippen LogP contribution is -2.44. The van der Waals surface area contributed by atoms with E-state index in [4.69, 9.17) is 5.11 Å². The highest BCUT2D eigenvalue weighted by Crippen LogP contribution is 2.17. The Morgan fingerprint density at radius 3 is 3.06 bits per heavy atom. The summed E-state index contributed by atoms with van der Waals surface area (Å²) >= 11 is 1.21. The van der Waals surface area contributed by atoms with E-state index in [-0.39, 0.29) is 5.01 Å². The van der Waals surface area contributed by atoms with E-state index < -0.39 is 5.97 Å². The number of piperidine rings is 1. The van der Waals surface area contributed by atoms with Crippen LogP contribution >= 0.6 is 11.3 Å². The maximum atomic E-state index is 10.8. The van der Waals surface area contributed by atoms with Gasteiger partial charge in [-0.05, 0) is 33.5 Å². The molecule has 0 radical (unpaired) electrons. The quantitative estimate of drug-likeness (QED) is 0.894. The number of aromatic nitrogens is 1. The smallest absolute Gasteiger partial charge is 0.365 e. The van der Waals surface area contributed by atoms with Crippen molar-refractivity contribution in [2.24, 2.45) is 0 Å². The zero-order valence-corrected chi connectivity index (χ0v) is 11.6. The van der Waals surface area contributed by atoms with E-state index in [0.29, 0.717) is 6.04 Å². The van der Waals surface area contributed by atoms with Gasteiger partial charge < -0.3 is 10.0 Å². The Balaban J connectivity index is 1.94. The van der Waals surface area contributed by atoms with Crippen LogP contribution in [-0.2, 0) is 6.54 Å². The van der Waals surface area contributed by atoms with Gasteiger partial charge in [0.1, 0.15) is 0 Å². The second-order valence-electron chi connectivity index (χ2n) is 4.94. The maximum absolute atomic E-state index is 10.8. The molecule has 1 aromatic heterocycles. The van der Waals surface area contributed by atoms with Crippen molar-refractivity contribution in [1.29, 1.82) is 0 Å². The lowest BCUT2D eigenvalue weighted by Gasteiger charge is -2.35. The number of aromatic carboxylic acids is 1. The minimum Gasteiger partial charge on any atom is -0.476 e. The molecule has 0 amide bonds. The van der Waals surface area contributed by atoms with Crippen LogP contribution in [0.25, 0.3) is 0 Å². The molecular formula is C12H19N3O2S. The summed E-state index contributed by atoms with van der Waals surface area (Å²) in [5, 5.41) is 10.9. The number of likely N-dealkylation sites (N-methyl/N-ethyl adjacent to an activating group) is 1. The first kappa shape index (κ1) is 13.5. The van der Waals surface area contributed by atoms with Crippen LogP contribution in [0, 0.1) is 0 Å². The lowest BCUT2D eigenvalue weighted by molar-refractivity contribution is 0.0695. The van der Waals surface area contributed by atoms with Crippen molar-refractivity contribution in [2.75, 3.05) is 27.2 Å². The molecule has 0 aromatic carbocycles. The van der Waals surface area contributed by atoms with Crippen LogP contribution in [0.2, 0.25) is 0 Å². The third-order valence-corrected chi connectivity index (χ3v) is 4.21. The van der Waals surface area contributed by atoms with Crippen LogP contribution < -0.4 is 0 Å². The van der Waals surface area contributed by atoms with E-state index in [1.54, 1.807) is 0 Å². The van der Waals surface area contributed by atoms with Gasteiger partial charge in [-0.25, -0.2) is 9.78 Å². The van der Waals surface area contributed by atoms with Gasteiger partial charge in [0.15, 0.2) is 0 Å². The number of carboxylic acids is 1. The molecule has 1 aromatic rings. The maximum Gasteiger partial charge on any atom is 0.365 e. The topological polar surface area (TPSA) is 56.7 Å². The highest BCUT2D eigenvalue weighted by molar-refractivity contribution is 7.11. The van der Waals surface area contributed by atoms with Crippen molar-refractivity contribution >= 4 is 17.3 Å². The minimum atomic E-state index is -0.934. The number of hydrogen-bond donors (Lipinski definition) is 1. The van der Waals surface area contributed by atoms with E-state index in [2.05, 4.69) is 28.9 Å². The first-order valence-electron chi connectivity index (χ1n) is 6.12.